The maximum atomic E-state index is 8.52. The Morgan fingerprint density at radius 1 is 0.800 bits per heavy atom. The maximum Gasteiger partial charge on any atom is 0.0645 e. The Morgan fingerprint density at radius 2 is 1.57 bits per heavy atom. The van der Waals surface area contributed by atoms with Gasteiger partial charge in [0.2, 0.25) is 0 Å². The molecule has 1 aliphatic heterocycles. The molecule has 1 aromatic heterocycles. The Balaban J connectivity index is 1.62. The number of fused-ring (bicyclic) bond motifs is 3. The molecule has 0 fully saturated rings. The van der Waals surface area contributed by atoms with Crippen molar-refractivity contribution in [1.82, 2.24) is 4.57 Å². The molecule has 1 N–H and O–H groups in total. The molecule has 6 rings (SSSR count). The number of hydrogen-bond acceptors (Lipinski definition) is 2. The lowest BCUT2D eigenvalue weighted by molar-refractivity contribution is 1.13. The van der Waals surface area contributed by atoms with E-state index in [-0.39, 0.29) is 34.9 Å². The molecule has 4 aromatic carbocycles. The molecule has 30 heavy (non-hydrogen) atoms. The largest absolute Gasteiger partial charge is 0.353 e. The zero-order valence-electron chi connectivity index (χ0n) is 19.7. The molecule has 4 heteroatoms. The average Bonchev–Trinajstić information content (AvgIpc) is 3.24. The molecular weight excluding hydrogens is 408 g/mol. The van der Waals surface area contributed by atoms with Gasteiger partial charge in [-0.05, 0) is 48.4 Å². The van der Waals surface area contributed by atoms with E-state index in [9.17, 15) is 0 Å². The quantitative estimate of drug-likeness (QED) is 0.299. The summed E-state index contributed by atoms with van der Waals surface area (Å²) >= 11 is 7.77. The van der Waals surface area contributed by atoms with Crippen LogP contribution in [0.15, 0.2) is 107 Å². The normalized spacial score (nSPS) is 14.2. The lowest BCUT2D eigenvalue weighted by Gasteiger charge is -2.23. The molecule has 0 unspecified atom stereocenters. The van der Waals surface area contributed by atoms with Gasteiger partial charge in [0.25, 0.3) is 0 Å². The number of aromatic nitrogens is 1. The third-order valence-electron chi connectivity index (χ3n) is 5.22. The van der Waals surface area contributed by atoms with Crippen LogP contribution in [0.25, 0.3) is 27.7 Å². The molecule has 0 bridgehead atoms. The van der Waals surface area contributed by atoms with E-state index in [1.54, 1.807) is 16.3 Å². The minimum atomic E-state index is -0.247. The van der Waals surface area contributed by atoms with Gasteiger partial charge in [0.15, 0.2) is 0 Å². The van der Waals surface area contributed by atoms with E-state index in [2.05, 4.69) is 29.6 Å². The lowest BCUT2D eigenvalue weighted by Crippen LogP contribution is -2.01. The molecule has 5 aromatic rings. The second-order valence-corrected chi connectivity index (χ2v) is 8.46. The van der Waals surface area contributed by atoms with Crippen molar-refractivity contribution in [1.29, 1.82) is 0 Å². The van der Waals surface area contributed by atoms with E-state index >= 15 is 0 Å². The molecule has 0 radical (unpaired) electrons. The van der Waals surface area contributed by atoms with Gasteiger partial charge in [-0.15, -0.1) is 0 Å². The number of halogens is 1. The first-order valence-corrected chi connectivity index (χ1v) is 10.7. The minimum absolute atomic E-state index is 0.170. The van der Waals surface area contributed by atoms with Gasteiger partial charge in [-0.25, -0.2) is 0 Å². The van der Waals surface area contributed by atoms with E-state index in [1.165, 1.54) is 4.90 Å². The van der Waals surface area contributed by atoms with Gasteiger partial charge >= 0.3 is 0 Å². The third-order valence-corrected chi connectivity index (χ3v) is 6.54. The summed E-state index contributed by atoms with van der Waals surface area (Å²) in [5.41, 5.74) is 4.96. The summed E-state index contributed by atoms with van der Waals surface area (Å²) in [6.07, 6.45) is 1.89. The van der Waals surface area contributed by atoms with Crippen molar-refractivity contribution in [2.75, 3.05) is 5.32 Å². The van der Waals surface area contributed by atoms with Crippen LogP contribution in [-0.4, -0.2) is 4.57 Å². The SMILES string of the molecule is [2H]c1c([2H])c(-n2cc(-c3cccc4c3Nc3ccccc3S4)c3ccccc32)c([2H])c([2H])c1Cl. The van der Waals surface area contributed by atoms with Crippen LogP contribution < -0.4 is 5.32 Å². The van der Waals surface area contributed by atoms with E-state index in [4.69, 9.17) is 17.1 Å². The van der Waals surface area contributed by atoms with Crippen LogP contribution in [0.1, 0.15) is 5.48 Å². The van der Waals surface area contributed by atoms with Crippen LogP contribution in [0.2, 0.25) is 5.02 Å². The number of benzene rings is 4. The zero-order valence-corrected chi connectivity index (χ0v) is 17.2. The Hall–Kier alpha value is -3.14. The predicted octanol–water partition coefficient (Wildman–Crippen LogP) is 8.16. The number of anilines is 2. The van der Waals surface area contributed by atoms with Gasteiger partial charge in [-0.2, -0.15) is 0 Å². The molecule has 0 spiro atoms. The number of nitrogens with zero attached hydrogens (tertiary/aromatic N) is 1. The highest BCUT2D eigenvalue weighted by atomic mass is 35.5. The second kappa shape index (κ2) is 6.98. The summed E-state index contributed by atoms with van der Waals surface area (Å²) in [5, 5.41) is 4.37. The van der Waals surface area contributed by atoms with Gasteiger partial charge in [-0.3, -0.25) is 0 Å². The average molecular weight is 429 g/mol. The van der Waals surface area contributed by atoms with Crippen molar-refractivity contribution in [3.8, 4) is 16.8 Å². The Kier molecular flexibility index (Phi) is 3.25. The summed E-state index contributed by atoms with van der Waals surface area (Å²) in [4.78, 5) is 2.28. The van der Waals surface area contributed by atoms with Gasteiger partial charge in [0.05, 0.1) is 22.4 Å². The smallest absolute Gasteiger partial charge is 0.0645 e. The minimum Gasteiger partial charge on any atom is -0.353 e. The number of nitrogens with one attached hydrogen (secondary N) is 1. The summed E-state index contributed by atoms with van der Waals surface area (Å²) < 4.78 is 35.2. The van der Waals surface area contributed by atoms with Crippen LogP contribution in [0, 0.1) is 0 Å². The van der Waals surface area contributed by atoms with Gasteiger partial charge in [0.1, 0.15) is 0 Å². The first-order chi connectivity index (χ1) is 16.5. The molecule has 144 valence electrons. The highest BCUT2D eigenvalue weighted by molar-refractivity contribution is 7.99. The van der Waals surface area contributed by atoms with Gasteiger partial charge < -0.3 is 9.88 Å². The molecule has 0 saturated carbocycles. The molecule has 0 aliphatic carbocycles. The fraction of sp³-hybridized carbons (Fsp3) is 0. The maximum absolute atomic E-state index is 8.52. The molecule has 0 atom stereocenters. The van der Waals surface area contributed by atoms with Crippen LogP contribution in [-0.2, 0) is 0 Å². The van der Waals surface area contributed by atoms with E-state index < -0.39 is 0 Å². The van der Waals surface area contributed by atoms with Crippen LogP contribution in [0.4, 0.5) is 11.4 Å². The highest BCUT2D eigenvalue weighted by Crippen LogP contribution is 2.49. The van der Waals surface area contributed by atoms with E-state index in [1.807, 2.05) is 48.7 Å². The van der Waals surface area contributed by atoms with Crippen molar-refractivity contribution >= 4 is 45.6 Å². The van der Waals surface area contributed by atoms with Crippen LogP contribution in [0.5, 0.6) is 0 Å². The first-order valence-electron chi connectivity index (χ1n) is 11.5. The van der Waals surface area contributed by atoms with Crippen LogP contribution >= 0.6 is 23.4 Å². The topological polar surface area (TPSA) is 17.0 Å². The van der Waals surface area contributed by atoms with Gasteiger partial charge in [0, 0.05) is 43.2 Å². The van der Waals surface area contributed by atoms with Crippen molar-refractivity contribution in [2.45, 2.75) is 9.79 Å². The Morgan fingerprint density at radius 3 is 2.47 bits per heavy atom. The van der Waals surface area contributed by atoms with Crippen molar-refractivity contribution in [3.05, 3.63) is 102 Å². The predicted molar refractivity (Wildman–Crippen MR) is 128 cm³/mol. The number of para-hydroxylation sites is 3. The van der Waals surface area contributed by atoms with E-state index in [0.29, 0.717) is 0 Å². The van der Waals surface area contributed by atoms with Crippen molar-refractivity contribution in [2.24, 2.45) is 0 Å². The first kappa shape index (κ1) is 14.0. The summed E-state index contributed by atoms with van der Waals surface area (Å²) in [6.45, 7) is 0. The fourth-order valence-electron chi connectivity index (χ4n) is 3.87. The Bertz CT molecular complexity index is 1600. The molecule has 2 nitrogen and oxygen atoms in total. The van der Waals surface area contributed by atoms with Crippen LogP contribution in [0.3, 0.4) is 0 Å². The number of hydrogen-bond donors (Lipinski definition) is 1. The zero-order chi connectivity index (χ0) is 23.6. The third kappa shape index (κ3) is 2.82. The second-order valence-electron chi connectivity index (χ2n) is 6.99. The summed E-state index contributed by atoms with van der Waals surface area (Å²) in [5.74, 6) is 0. The number of rotatable bonds is 2. The van der Waals surface area contributed by atoms with Crippen molar-refractivity contribution < 1.29 is 5.48 Å². The van der Waals surface area contributed by atoms with Gasteiger partial charge in [-0.1, -0.05) is 65.8 Å². The van der Waals surface area contributed by atoms with Crippen molar-refractivity contribution in [3.63, 3.8) is 0 Å². The standard InChI is InChI=1S/C26H17ClN2S/c27-17-12-14-18(15-13-17)29-16-21(19-6-1-3-9-23(19)29)20-7-5-11-25-26(20)28-22-8-2-4-10-24(22)30-25/h1-16,28H/i12D,13D,14D,15D. The monoisotopic (exact) mass is 428 g/mol. The molecule has 0 saturated heterocycles. The molecule has 0 amide bonds. The summed E-state index contributed by atoms with van der Waals surface area (Å²) in [7, 11) is 0. The summed E-state index contributed by atoms with van der Waals surface area (Å²) in [6, 6.07) is 21.3. The fourth-order valence-corrected chi connectivity index (χ4v) is 4.99. The molecular formula is C26H17ClN2S. The molecule has 1 aliphatic rings. The lowest BCUT2D eigenvalue weighted by atomic mass is 10.0. The Labute approximate surface area is 189 Å². The molecule has 2 heterocycles. The van der Waals surface area contributed by atoms with E-state index in [0.717, 1.165) is 38.3 Å². The highest BCUT2D eigenvalue weighted by Gasteiger charge is 2.21.